The number of nitrogens with zero attached hydrogens (tertiary/aromatic N) is 2. The number of hydrogen-bond acceptors (Lipinski definition) is 3. The van der Waals surface area contributed by atoms with Crippen LogP contribution in [0.15, 0.2) is 18.3 Å². The lowest BCUT2D eigenvalue weighted by Crippen LogP contribution is -2.46. The van der Waals surface area contributed by atoms with Crippen LogP contribution < -0.4 is 0 Å². The number of carboxylic acids is 1. The Hall–Kier alpha value is -2.12. The number of amides is 1. The molecule has 120 valence electrons. The highest BCUT2D eigenvalue weighted by Crippen LogP contribution is 2.31. The molecule has 0 saturated carbocycles. The molecule has 0 aliphatic carbocycles. The maximum atomic E-state index is 12.9. The lowest BCUT2D eigenvalue weighted by Gasteiger charge is -2.35. The highest BCUT2D eigenvalue weighted by Gasteiger charge is 2.39. The zero-order chi connectivity index (χ0) is 16.5. The summed E-state index contributed by atoms with van der Waals surface area (Å²) in [4.78, 5) is 27.9. The van der Waals surface area contributed by atoms with Crippen LogP contribution >= 0.6 is 0 Å². The summed E-state index contributed by atoms with van der Waals surface area (Å²) in [6, 6.07) is 2.32. The van der Waals surface area contributed by atoms with Crippen molar-refractivity contribution in [2.24, 2.45) is 11.8 Å². The van der Waals surface area contributed by atoms with E-state index in [-0.39, 0.29) is 19.0 Å². The molecule has 1 N–H and O–H groups in total. The summed E-state index contributed by atoms with van der Waals surface area (Å²) >= 11 is 0. The molecule has 1 aliphatic rings. The van der Waals surface area contributed by atoms with Gasteiger partial charge in [-0.1, -0.05) is 6.92 Å². The zero-order valence-corrected chi connectivity index (χ0v) is 11.8. The Bertz CT molecular complexity index is 589. The van der Waals surface area contributed by atoms with Crippen LogP contribution in [0.2, 0.25) is 0 Å². The average molecular weight is 316 g/mol. The standard InChI is InChI=1S/C14H15F3N2O3/c1-8-5-9(13(21)22)7-19(6-8)12(20)10-3-2-4-18-11(10)14(15,16)17/h2-4,8-9H,5-7H2,1H3,(H,21,22). The van der Waals surface area contributed by atoms with Crippen LogP contribution in [-0.4, -0.2) is 40.0 Å². The first-order valence-corrected chi connectivity index (χ1v) is 6.74. The number of piperidine rings is 1. The third kappa shape index (κ3) is 3.37. The van der Waals surface area contributed by atoms with E-state index in [1.807, 2.05) is 0 Å². The molecule has 0 bridgehead atoms. The molecule has 2 atom stereocenters. The molecule has 1 aromatic heterocycles. The zero-order valence-electron chi connectivity index (χ0n) is 11.8. The fourth-order valence-electron chi connectivity index (χ4n) is 2.67. The number of alkyl halides is 3. The molecule has 22 heavy (non-hydrogen) atoms. The van der Waals surface area contributed by atoms with E-state index in [1.54, 1.807) is 6.92 Å². The number of likely N-dealkylation sites (tertiary alicyclic amines) is 1. The number of pyridine rings is 1. The maximum Gasteiger partial charge on any atom is 0.434 e. The Morgan fingerprint density at radius 2 is 2.05 bits per heavy atom. The van der Waals surface area contributed by atoms with E-state index in [4.69, 9.17) is 5.11 Å². The van der Waals surface area contributed by atoms with Gasteiger partial charge in [-0.15, -0.1) is 0 Å². The third-order valence-corrected chi connectivity index (χ3v) is 3.60. The molecule has 1 aromatic rings. The van der Waals surface area contributed by atoms with Crippen molar-refractivity contribution in [1.29, 1.82) is 0 Å². The minimum atomic E-state index is -4.74. The number of carbonyl (C=O) groups is 2. The first-order valence-electron chi connectivity index (χ1n) is 6.74. The van der Waals surface area contributed by atoms with Crippen LogP contribution in [0.1, 0.15) is 29.4 Å². The minimum Gasteiger partial charge on any atom is -0.481 e. The summed E-state index contributed by atoms with van der Waals surface area (Å²) < 4.78 is 38.8. The van der Waals surface area contributed by atoms with Gasteiger partial charge < -0.3 is 10.0 Å². The van der Waals surface area contributed by atoms with E-state index < -0.39 is 35.2 Å². The van der Waals surface area contributed by atoms with Gasteiger partial charge in [0.2, 0.25) is 0 Å². The van der Waals surface area contributed by atoms with Gasteiger partial charge >= 0.3 is 12.1 Å². The van der Waals surface area contributed by atoms with E-state index in [9.17, 15) is 22.8 Å². The minimum absolute atomic E-state index is 0.0926. The normalized spacial score (nSPS) is 22.5. The van der Waals surface area contributed by atoms with Gasteiger partial charge in [0.25, 0.3) is 5.91 Å². The van der Waals surface area contributed by atoms with Gasteiger partial charge in [0.15, 0.2) is 5.69 Å². The van der Waals surface area contributed by atoms with Crippen molar-refractivity contribution in [1.82, 2.24) is 9.88 Å². The van der Waals surface area contributed by atoms with Gasteiger partial charge in [-0.05, 0) is 24.5 Å². The fourth-order valence-corrected chi connectivity index (χ4v) is 2.67. The van der Waals surface area contributed by atoms with Crippen LogP contribution in [0.25, 0.3) is 0 Å². The predicted octanol–water partition coefficient (Wildman–Crippen LogP) is 2.28. The Morgan fingerprint density at radius 1 is 1.36 bits per heavy atom. The molecule has 0 spiro atoms. The van der Waals surface area contributed by atoms with Crippen LogP contribution in [0.5, 0.6) is 0 Å². The number of aliphatic carboxylic acids is 1. The number of halogens is 3. The Balaban J connectivity index is 2.30. The second-order valence-corrected chi connectivity index (χ2v) is 5.48. The van der Waals surface area contributed by atoms with Crippen LogP contribution in [0.4, 0.5) is 13.2 Å². The van der Waals surface area contributed by atoms with Gasteiger partial charge in [0, 0.05) is 19.3 Å². The summed E-state index contributed by atoms with van der Waals surface area (Å²) in [6.45, 7) is 1.91. The first kappa shape index (κ1) is 16.3. The SMILES string of the molecule is CC1CC(C(=O)O)CN(C(=O)c2cccnc2C(F)(F)F)C1. The average Bonchev–Trinajstić information content (AvgIpc) is 2.45. The molecule has 1 amide bonds. The van der Waals surface area contributed by atoms with E-state index >= 15 is 0 Å². The second kappa shape index (κ2) is 5.94. The number of rotatable bonds is 2. The maximum absolute atomic E-state index is 12.9. The number of hydrogen-bond donors (Lipinski definition) is 1. The smallest absolute Gasteiger partial charge is 0.434 e. The summed E-state index contributed by atoms with van der Waals surface area (Å²) in [5.74, 6) is -2.74. The molecule has 0 aromatic carbocycles. The molecule has 1 saturated heterocycles. The molecule has 2 rings (SSSR count). The topological polar surface area (TPSA) is 70.5 Å². The Kier molecular flexibility index (Phi) is 4.39. The quantitative estimate of drug-likeness (QED) is 0.909. The van der Waals surface area contributed by atoms with E-state index in [0.717, 1.165) is 12.3 Å². The van der Waals surface area contributed by atoms with Crippen LogP contribution in [0, 0.1) is 11.8 Å². The number of aromatic nitrogens is 1. The molecule has 2 heterocycles. The summed E-state index contributed by atoms with van der Waals surface area (Å²) in [6.07, 6.45) is -3.36. The van der Waals surface area contributed by atoms with E-state index in [1.165, 1.54) is 11.0 Å². The number of carboxylic acid groups (broad SMARTS) is 1. The highest BCUT2D eigenvalue weighted by atomic mass is 19.4. The van der Waals surface area contributed by atoms with Crippen molar-refractivity contribution in [3.63, 3.8) is 0 Å². The summed E-state index contributed by atoms with van der Waals surface area (Å²) in [5, 5.41) is 9.08. The molecule has 0 radical (unpaired) electrons. The Morgan fingerprint density at radius 3 is 2.64 bits per heavy atom. The van der Waals surface area contributed by atoms with Gasteiger partial charge in [-0.3, -0.25) is 14.6 Å². The van der Waals surface area contributed by atoms with Crippen molar-refractivity contribution >= 4 is 11.9 Å². The summed E-state index contributed by atoms with van der Waals surface area (Å²) in [5.41, 5.74) is -1.79. The van der Waals surface area contributed by atoms with Crippen LogP contribution in [-0.2, 0) is 11.0 Å². The third-order valence-electron chi connectivity index (χ3n) is 3.60. The molecule has 8 heteroatoms. The highest BCUT2D eigenvalue weighted by molar-refractivity contribution is 5.95. The van der Waals surface area contributed by atoms with Crippen molar-refractivity contribution in [2.75, 3.05) is 13.1 Å². The van der Waals surface area contributed by atoms with E-state index in [0.29, 0.717) is 6.42 Å². The first-order chi connectivity index (χ1) is 10.2. The molecule has 5 nitrogen and oxygen atoms in total. The Labute approximate surface area is 124 Å². The lowest BCUT2D eigenvalue weighted by molar-refractivity contribution is -0.144. The molecule has 1 fully saturated rings. The lowest BCUT2D eigenvalue weighted by atomic mass is 9.90. The van der Waals surface area contributed by atoms with E-state index in [2.05, 4.69) is 4.98 Å². The van der Waals surface area contributed by atoms with Crippen molar-refractivity contribution < 1.29 is 27.9 Å². The molecule has 2 unspecified atom stereocenters. The largest absolute Gasteiger partial charge is 0.481 e. The van der Waals surface area contributed by atoms with Gasteiger partial charge in [0.1, 0.15) is 0 Å². The number of carbonyl (C=O) groups excluding carboxylic acids is 1. The fraction of sp³-hybridized carbons (Fsp3) is 0.500. The summed E-state index contributed by atoms with van der Waals surface area (Å²) in [7, 11) is 0. The monoisotopic (exact) mass is 316 g/mol. The van der Waals surface area contributed by atoms with Crippen molar-refractivity contribution in [2.45, 2.75) is 19.5 Å². The molecular weight excluding hydrogens is 301 g/mol. The van der Waals surface area contributed by atoms with Crippen LogP contribution in [0.3, 0.4) is 0 Å². The second-order valence-electron chi connectivity index (χ2n) is 5.48. The van der Waals surface area contributed by atoms with Gasteiger partial charge in [0.05, 0.1) is 11.5 Å². The van der Waals surface area contributed by atoms with Crippen molar-refractivity contribution in [3.05, 3.63) is 29.6 Å². The molecule has 1 aliphatic heterocycles. The predicted molar refractivity (Wildman–Crippen MR) is 70.0 cm³/mol. The van der Waals surface area contributed by atoms with Crippen molar-refractivity contribution in [3.8, 4) is 0 Å². The van der Waals surface area contributed by atoms with Gasteiger partial charge in [-0.2, -0.15) is 13.2 Å². The molecular formula is C14H15F3N2O3. The van der Waals surface area contributed by atoms with Gasteiger partial charge in [-0.25, -0.2) is 0 Å².